The SMILES string of the molecule is CCCCCC.CCCCCC.CCCCCC.CCCCCC.CCCCCC.CCCCCC.CCOC(C)=O.CCOC(C)=O.CCOC(C)=O.CCOC(C)=O. The Balaban J connectivity index is -0.0000000579. The van der Waals surface area contributed by atoms with E-state index in [0.29, 0.717) is 26.4 Å². The Labute approximate surface area is 380 Å². The summed E-state index contributed by atoms with van der Waals surface area (Å²) in [6.07, 6.45) is 33.2. The van der Waals surface area contributed by atoms with Gasteiger partial charge in [-0.3, -0.25) is 19.2 Å². The van der Waals surface area contributed by atoms with E-state index in [0.717, 1.165) is 0 Å². The lowest BCUT2D eigenvalue weighted by Crippen LogP contribution is -1.95. The van der Waals surface area contributed by atoms with Crippen LogP contribution in [0.2, 0.25) is 0 Å². The molecule has 372 valence electrons. The predicted octanol–water partition coefficient (Wildman–Crippen LogP) is 17.8. The number of ether oxygens (including phenoxy) is 4. The Morgan fingerprint density at radius 1 is 0.217 bits per heavy atom. The van der Waals surface area contributed by atoms with Crippen LogP contribution in [0.4, 0.5) is 0 Å². The second-order valence-electron chi connectivity index (χ2n) is 13.9. The zero-order valence-corrected chi connectivity index (χ0v) is 45.1. The summed E-state index contributed by atoms with van der Waals surface area (Å²) in [6, 6.07) is 0. The van der Waals surface area contributed by atoms with Crippen molar-refractivity contribution in [3.8, 4) is 0 Å². The molecule has 0 atom stereocenters. The molecule has 60 heavy (non-hydrogen) atoms. The second-order valence-corrected chi connectivity index (χ2v) is 13.9. The molecule has 0 saturated carbocycles. The van der Waals surface area contributed by atoms with E-state index in [1.807, 2.05) is 0 Å². The molecule has 0 N–H and O–H groups in total. The molecule has 0 saturated heterocycles. The smallest absolute Gasteiger partial charge is 0.302 e. The largest absolute Gasteiger partial charge is 0.466 e. The molecule has 0 aliphatic carbocycles. The topological polar surface area (TPSA) is 105 Å². The minimum atomic E-state index is -0.211. The molecule has 0 rings (SSSR count). The molecule has 0 aromatic rings. The average molecular weight is 869 g/mol. The molecule has 0 aromatic heterocycles. The minimum absolute atomic E-state index is 0.211. The molecule has 0 radical (unpaired) electrons. The molecule has 0 heterocycles. The Hall–Kier alpha value is -2.12. The van der Waals surface area contributed by atoms with Gasteiger partial charge in [0.15, 0.2) is 0 Å². The van der Waals surface area contributed by atoms with Gasteiger partial charge in [-0.25, -0.2) is 0 Å². The van der Waals surface area contributed by atoms with Gasteiger partial charge in [0, 0.05) is 27.7 Å². The number of unbranched alkanes of at least 4 members (excludes halogenated alkanes) is 18. The Morgan fingerprint density at radius 3 is 0.317 bits per heavy atom. The quantitative estimate of drug-likeness (QED) is 0.0602. The van der Waals surface area contributed by atoms with Gasteiger partial charge >= 0.3 is 23.9 Å². The number of carbonyl (C=O) groups excluding carboxylic acids is 4. The summed E-state index contributed by atoms with van der Waals surface area (Å²) in [5.41, 5.74) is 0. The van der Waals surface area contributed by atoms with Crippen molar-refractivity contribution in [2.75, 3.05) is 26.4 Å². The lowest BCUT2D eigenvalue weighted by Gasteiger charge is -1.89. The number of rotatable bonds is 22. The Kier molecular flexibility index (Phi) is 138. The van der Waals surface area contributed by atoms with Gasteiger partial charge in [0.25, 0.3) is 0 Å². The molecule has 0 spiro atoms. The van der Waals surface area contributed by atoms with Crippen molar-refractivity contribution in [1.82, 2.24) is 0 Å². The monoisotopic (exact) mass is 869 g/mol. The van der Waals surface area contributed by atoms with E-state index in [9.17, 15) is 19.2 Å². The summed E-state index contributed by atoms with van der Waals surface area (Å²) in [4.78, 5) is 39.3. The van der Waals surface area contributed by atoms with Crippen molar-refractivity contribution >= 4 is 23.9 Å². The highest BCUT2D eigenvalue weighted by Crippen LogP contribution is 1.98. The van der Waals surface area contributed by atoms with Gasteiger partial charge in [0.2, 0.25) is 0 Å². The molecule has 0 aliphatic rings. The molecule has 0 fully saturated rings. The average Bonchev–Trinajstić information content (AvgIpc) is 3.21. The van der Waals surface area contributed by atoms with Crippen LogP contribution in [0.5, 0.6) is 0 Å². The van der Waals surface area contributed by atoms with Crippen molar-refractivity contribution in [2.45, 2.75) is 293 Å². The fourth-order valence-electron chi connectivity index (χ4n) is 3.81. The van der Waals surface area contributed by atoms with Crippen LogP contribution < -0.4 is 0 Å². The number of esters is 4. The van der Waals surface area contributed by atoms with Crippen LogP contribution in [0.25, 0.3) is 0 Å². The van der Waals surface area contributed by atoms with Gasteiger partial charge in [-0.05, 0) is 27.7 Å². The van der Waals surface area contributed by atoms with Crippen molar-refractivity contribution in [3.05, 3.63) is 0 Å². The molecule has 0 aromatic carbocycles. The highest BCUT2D eigenvalue weighted by molar-refractivity contribution is 5.66. The zero-order chi connectivity index (χ0) is 48.9. The summed E-state index contributed by atoms with van der Waals surface area (Å²) >= 11 is 0. The Morgan fingerprint density at radius 2 is 0.300 bits per heavy atom. The standard InChI is InChI=1S/6C6H14.4C4H8O2/c6*1-3-5-6-4-2;4*1-3-6-4(2)5/h6*3-6H2,1-2H3;4*3H2,1-2H3. The summed E-state index contributed by atoms with van der Waals surface area (Å²) in [5.74, 6) is -0.843. The first kappa shape index (κ1) is 81.7. The van der Waals surface area contributed by atoms with Crippen LogP contribution in [0, 0.1) is 0 Å². The highest BCUT2D eigenvalue weighted by Gasteiger charge is 1.84. The van der Waals surface area contributed by atoms with Crippen molar-refractivity contribution in [2.24, 2.45) is 0 Å². The third-order valence-corrected chi connectivity index (χ3v) is 7.13. The van der Waals surface area contributed by atoms with Gasteiger partial charge in [0.1, 0.15) is 0 Å². The molecular formula is C52H116O8. The summed E-state index contributed by atoms with van der Waals surface area (Å²) in [7, 11) is 0. The molecule has 0 amide bonds. The van der Waals surface area contributed by atoms with Crippen LogP contribution in [0.15, 0.2) is 0 Å². The Bertz CT molecular complexity index is 518. The molecule has 8 heteroatoms. The van der Waals surface area contributed by atoms with Crippen LogP contribution >= 0.6 is 0 Å². The lowest BCUT2D eigenvalue weighted by molar-refractivity contribution is -0.141. The fraction of sp³-hybridized carbons (Fsp3) is 0.923. The van der Waals surface area contributed by atoms with Gasteiger partial charge in [0.05, 0.1) is 26.4 Å². The fourth-order valence-corrected chi connectivity index (χ4v) is 3.81. The van der Waals surface area contributed by atoms with E-state index < -0.39 is 0 Å². The van der Waals surface area contributed by atoms with Gasteiger partial charge in [-0.2, -0.15) is 0 Å². The third-order valence-electron chi connectivity index (χ3n) is 7.13. The van der Waals surface area contributed by atoms with Gasteiger partial charge < -0.3 is 18.9 Å². The van der Waals surface area contributed by atoms with E-state index in [-0.39, 0.29) is 23.9 Å². The zero-order valence-electron chi connectivity index (χ0n) is 45.1. The minimum Gasteiger partial charge on any atom is -0.466 e. The van der Waals surface area contributed by atoms with Gasteiger partial charge in [-0.1, -0.05) is 237 Å². The van der Waals surface area contributed by atoms with Crippen molar-refractivity contribution < 1.29 is 38.1 Å². The van der Waals surface area contributed by atoms with E-state index in [1.54, 1.807) is 27.7 Å². The summed E-state index contributed by atoms with van der Waals surface area (Å²) < 4.78 is 17.6. The first-order valence-electron chi connectivity index (χ1n) is 25.1. The lowest BCUT2D eigenvalue weighted by atomic mass is 10.2. The van der Waals surface area contributed by atoms with Crippen LogP contribution in [-0.2, 0) is 38.1 Å². The molecule has 8 nitrogen and oxygen atoms in total. The summed E-state index contributed by atoms with van der Waals surface area (Å²) in [5, 5.41) is 0. The maximum absolute atomic E-state index is 9.82. The summed E-state index contributed by atoms with van der Waals surface area (Å²) in [6.45, 7) is 41.4. The maximum atomic E-state index is 9.82. The second kappa shape index (κ2) is 101. The normalized spacial score (nSPS) is 8.47. The van der Waals surface area contributed by atoms with E-state index in [2.05, 4.69) is 102 Å². The third kappa shape index (κ3) is 217. The van der Waals surface area contributed by atoms with E-state index in [4.69, 9.17) is 0 Å². The maximum Gasteiger partial charge on any atom is 0.302 e. The number of hydrogen-bond donors (Lipinski definition) is 0. The van der Waals surface area contributed by atoms with Crippen LogP contribution in [0.3, 0.4) is 0 Å². The highest BCUT2D eigenvalue weighted by atomic mass is 16.5. The van der Waals surface area contributed by atoms with Crippen molar-refractivity contribution in [3.63, 3.8) is 0 Å². The number of carbonyl (C=O) groups is 4. The van der Waals surface area contributed by atoms with E-state index in [1.165, 1.54) is 182 Å². The van der Waals surface area contributed by atoms with Crippen molar-refractivity contribution in [1.29, 1.82) is 0 Å². The first-order chi connectivity index (χ1) is 28.6. The van der Waals surface area contributed by atoms with Crippen LogP contribution in [-0.4, -0.2) is 50.3 Å². The first-order valence-corrected chi connectivity index (χ1v) is 25.1. The predicted molar refractivity (Wildman–Crippen MR) is 268 cm³/mol. The molecule has 0 unspecified atom stereocenters. The number of hydrogen-bond acceptors (Lipinski definition) is 8. The molecular weight excluding hydrogens is 753 g/mol. The van der Waals surface area contributed by atoms with Crippen LogP contribution in [0.1, 0.15) is 293 Å². The molecule has 0 bridgehead atoms. The molecule has 0 aliphatic heterocycles. The van der Waals surface area contributed by atoms with E-state index >= 15 is 0 Å². The van der Waals surface area contributed by atoms with Gasteiger partial charge in [-0.15, -0.1) is 0 Å².